The second-order valence-corrected chi connectivity index (χ2v) is 8.14. The van der Waals surface area contributed by atoms with Crippen LogP contribution in [0.3, 0.4) is 0 Å². The second kappa shape index (κ2) is 8.76. The normalized spacial score (nSPS) is 14.5. The van der Waals surface area contributed by atoms with Crippen molar-refractivity contribution in [3.63, 3.8) is 0 Å². The first-order valence-corrected chi connectivity index (χ1v) is 10.1. The van der Waals surface area contributed by atoms with Crippen LogP contribution in [-0.2, 0) is 10.0 Å². The van der Waals surface area contributed by atoms with Crippen molar-refractivity contribution in [3.05, 3.63) is 24.3 Å². The fraction of sp³-hybridized carbons (Fsp3) is 0.600. The molecule has 1 rings (SSSR count). The minimum absolute atomic E-state index is 0.00994. The molecule has 0 spiro atoms. The molecule has 0 aromatic heterocycles. The summed E-state index contributed by atoms with van der Waals surface area (Å²) in [6, 6.07) is 6.28. The molecule has 5 nitrogen and oxygen atoms in total. The van der Waals surface area contributed by atoms with Crippen molar-refractivity contribution in [2.24, 2.45) is 0 Å². The van der Waals surface area contributed by atoms with Gasteiger partial charge in [0.25, 0.3) is 0 Å². The third kappa shape index (κ3) is 6.56. The largest absolute Gasteiger partial charge is 0.494 e. The zero-order valence-electron chi connectivity index (χ0n) is 13.3. The van der Waals surface area contributed by atoms with E-state index >= 15 is 0 Å². The monoisotopic (exact) mass is 347 g/mol. The Balaban J connectivity index is 2.66. The van der Waals surface area contributed by atoms with Crippen molar-refractivity contribution in [2.75, 3.05) is 25.2 Å². The van der Waals surface area contributed by atoms with Crippen LogP contribution in [0.5, 0.6) is 5.75 Å². The number of hydrogen-bond acceptors (Lipinski definition) is 5. The Kier molecular flexibility index (Phi) is 7.68. The van der Waals surface area contributed by atoms with Crippen LogP contribution in [0.2, 0.25) is 0 Å². The molecular weight excluding hydrogens is 322 g/mol. The first-order chi connectivity index (χ1) is 10.3. The highest BCUT2D eigenvalue weighted by molar-refractivity contribution is 7.98. The Labute approximate surface area is 137 Å². The smallest absolute Gasteiger partial charge is 0.240 e. The molecule has 0 saturated carbocycles. The van der Waals surface area contributed by atoms with Gasteiger partial charge in [-0.15, -0.1) is 0 Å². The third-order valence-electron chi connectivity index (χ3n) is 3.09. The number of benzene rings is 1. The Morgan fingerprint density at radius 2 is 1.95 bits per heavy atom. The average Bonchev–Trinajstić information content (AvgIpc) is 2.50. The van der Waals surface area contributed by atoms with Crippen molar-refractivity contribution < 1.29 is 18.3 Å². The molecule has 1 atom stereocenters. The Hall–Kier alpha value is -0.760. The van der Waals surface area contributed by atoms with Crippen LogP contribution < -0.4 is 9.46 Å². The van der Waals surface area contributed by atoms with Crippen LogP contribution in [-0.4, -0.2) is 44.3 Å². The number of thioether (sulfide) groups is 1. The van der Waals surface area contributed by atoms with Gasteiger partial charge in [-0.3, -0.25) is 0 Å². The van der Waals surface area contributed by atoms with Gasteiger partial charge in [0.15, 0.2) is 0 Å². The molecule has 0 bridgehead atoms. The van der Waals surface area contributed by atoms with Gasteiger partial charge in [-0.25, -0.2) is 13.1 Å². The van der Waals surface area contributed by atoms with E-state index in [-0.39, 0.29) is 11.4 Å². The summed E-state index contributed by atoms with van der Waals surface area (Å²) < 4.78 is 32.3. The standard InChI is InChI=1S/C15H25NO4S2/c1-4-10-20-13-5-7-14(8-6-13)22(18,19)16-12-15(2,17)9-11-21-3/h5-8,16-17H,4,9-12H2,1-3H3/t15-/m1/s1. The molecule has 22 heavy (non-hydrogen) atoms. The summed E-state index contributed by atoms with van der Waals surface area (Å²) in [5, 5.41) is 10.1. The minimum Gasteiger partial charge on any atom is -0.494 e. The lowest BCUT2D eigenvalue weighted by Crippen LogP contribution is -2.40. The summed E-state index contributed by atoms with van der Waals surface area (Å²) in [5.74, 6) is 1.42. The van der Waals surface area contributed by atoms with E-state index in [2.05, 4.69) is 4.72 Å². The van der Waals surface area contributed by atoms with Crippen molar-refractivity contribution in [2.45, 2.75) is 37.2 Å². The summed E-state index contributed by atoms with van der Waals surface area (Å²) in [7, 11) is -3.63. The number of sulfonamides is 1. The van der Waals surface area contributed by atoms with Gasteiger partial charge >= 0.3 is 0 Å². The number of aliphatic hydroxyl groups is 1. The minimum atomic E-state index is -3.63. The highest BCUT2D eigenvalue weighted by atomic mass is 32.2. The summed E-state index contributed by atoms with van der Waals surface area (Å²) in [6.45, 7) is 4.23. The van der Waals surface area contributed by atoms with Gasteiger partial charge in [-0.2, -0.15) is 11.8 Å². The van der Waals surface area contributed by atoms with E-state index in [0.29, 0.717) is 18.8 Å². The van der Waals surface area contributed by atoms with Gasteiger partial charge in [-0.05, 0) is 56.0 Å². The van der Waals surface area contributed by atoms with Crippen LogP contribution in [0.4, 0.5) is 0 Å². The van der Waals surface area contributed by atoms with Crippen molar-refractivity contribution >= 4 is 21.8 Å². The zero-order chi connectivity index (χ0) is 16.6. The maximum atomic E-state index is 12.2. The fourth-order valence-electron chi connectivity index (χ4n) is 1.68. The van der Waals surface area contributed by atoms with Gasteiger partial charge in [0, 0.05) is 6.54 Å². The number of hydrogen-bond donors (Lipinski definition) is 2. The van der Waals surface area contributed by atoms with E-state index < -0.39 is 15.6 Å². The first kappa shape index (κ1) is 19.3. The van der Waals surface area contributed by atoms with Crippen LogP contribution in [0.15, 0.2) is 29.2 Å². The van der Waals surface area contributed by atoms with Gasteiger partial charge < -0.3 is 9.84 Å². The lowest BCUT2D eigenvalue weighted by Gasteiger charge is -2.23. The summed E-state index contributed by atoms with van der Waals surface area (Å²) in [5.41, 5.74) is -1.06. The molecule has 0 aliphatic carbocycles. The summed E-state index contributed by atoms with van der Waals surface area (Å²) in [6.07, 6.45) is 3.37. The van der Waals surface area contributed by atoms with Crippen LogP contribution in [0.1, 0.15) is 26.7 Å². The highest BCUT2D eigenvalue weighted by Gasteiger charge is 2.23. The van der Waals surface area contributed by atoms with E-state index in [0.717, 1.165) is 12.2 Å². The fourth-order valence-corrected chi connectivity index (χ4v) is 3.48. The van der Waals surface area contributed by atoms with Gasteiger partial charge in [0.1, 0.15) is 5.75 Å². The zero-order valence-corrected chi connectivity index (χ0v) is 15.0. The molecule has 126 valence electrons. The van der Waals surface area contributed by atoms with Gasteiger partial charge in [-0.1, -0.05) is 6.92 Å². The Bertz CT molecular complexity index is 541. The third-order valence-corrected chi connectivity index (χ3v) is 5.12. The molecule has 0 amide bonds. The van der Waals surface area contributed by atoms with Crippen LogP contribution >= 0.6 is 11.8 Å². The molecular formula is C15H25NO4S2. The summed E-state index contributed by atoms with van der Waals surface area (Å²) >= 11 is 1.62. The topological polar surface area (TPSA) is 75.6 Å². The predicted octanol–water partition coefficient (Wildman–Crippen LogP) is 2.26. The van der Waals surface area contributed by atoms with E-state index in [1.54, 1.807) is 30.8 Å². The lowest BCUT2D eigenvalue weighted by atomic mass is 10.1. The maximum absolute atomic E-state index is 12.2. The SMILES string of the molecule is CCCOc1ccc(S(=O)(=O)NC[C@](C)(O)CCSC)cc1. The second-order valence-electron chi connectivity index (χ2n) is 5.38. The quantitative estimate of drug-likeness (QED) is 0.679. The van der Waals surface area contributed by atoms with Crippen LogP contribution in [0.25, 0.3) is 0 Å². The van der Waals surface area contributed by atoms with Crippen molar-refractivity contribution in [1.82, 2.24) is 4.72 Å². The molecule has 0 saturated heterocycles. The Morgan fingerprint density at radius 3 is 2.50 bits per heavy atom. The molecule has 0 fully saturated rings. The molecule has 1 aromatic rings. The first-order valence-electron chi connectivity index (χ1n) is 7.24. The van der Waals surface area contributed by atoms with Crippen molar-refractivity contribution in [3.8, 4) is 5.75 Å². The van der Waals surface area contributed by atoms with E-state index in [9.17, 15) is 13.5 Å². The van der Waals surface area contributed by atoms with Gasteiger partial charge in [0.05, 0.1) is 17.1 Å². The molecule has 0 unspecified atom stereocenters. The number of rotatable bonds is 10. The molecule has 1 aromatic carbocycles. The van der Waals surface area contributed by atoms with E-state index in [1.165, 1.54) is 12.1 Å². The molecule has 7 heteroatoms. The summed E-state index contributed by atoms with van der Waals surface area (Å²) in [4.78, 5) is 0.164. The average molecular weight is 348 g/mol. The van der Waals surface area contributed by atoms with Gasteiger partial charge in [0.2, 0.25) is 10.0 Å². The molecule has 0 aliphatic rings. The van der Waals surface area contributed by atoms with Crippen molar-refractivity contribution in [1.29, 1.82) is 0 Å². The Morgan fingerprint density at radius 1 is 1.32 bits per heavy atom. The maximum Gasteiger partial charge on any atom is 0.240 e. The van der Waals surface area contributed by atoms with E-state index in [1.807, 2.05) is 13.2 Å². The highest BCUT2D eigenvalue weighted by Crippen LogP contribution is 2.17. The van der Waals surface area contributed by atoms with Crippen LogP contribution in [0, 0.1) is 0 Å². The molecule has 0 aliphatic heterocycles. The molecule has 0 radical (unpaired) electrons. The molecule has 2 N–H and O–H groups in total. The lowest BCUT2D eigenvalue weighted by molar-refractivity contribution is 0.0626. The number of ether oxygens (including phenoxy) is 1. The molecule has 0 heterocycles. The predicted molar refractivity (Wildman–Crippen MR) is 91.0 cm³/mol. The number of nitrogens with one attached hydrogen (secondary N) is 1. The van der Waals surface area contributed by atoms with E-state index in [4.69, 9.17) is 4.74 Å².